The van der Waals surface area contributed by atoms with Crippen LogP contribution >= 0.6 is 0 Å². The van der Waals surface area contributed by atoms with Crippen LogP contribution in [0, 0.1) is 0 Å². The molecule has 0 aliphatic carbocycles. The molecule has 0 N–H and O–H groups in total. The van der Waals surface area contributed by atoms with Crippen LogP contribution in [-0.2, 0) is 15.4 Å². The lowest BCUT2D eigenvalue weighted by atomic mass is 10.4. The van der Waals surface area contributed by atoms with Crippen LogP contribution in [0.25, 0.3) is 0 Å². The van der Waals surface area contributed by atoms with E-state index in [0.717, 1.165) is 16.1 Å². The molecule has 2 radical (unpaired) electrons. The van der Waals surface area contributed by atoms with Crippen LogP contribution in [0.5, 0.6) is 0 Å². The van der Waals surface area contributed by atoms with Crippen molar-refractivity contribution in [2.45, 2.75) is 64.2 Å². The third-order valence-electron chi connectivity index (χ3n) is 2.60. The molecule has 0 aromatic carbocycles. The van der Waals surface area contributed by atoms with Crippen LogP contribution in [0.1, 0.15) is 6.42 Å². The van der Waals surface area contributed by atoms with Crippen molar-refractivity contribution in [3.8, 4) is 0 Å². The van der Waals surface area contributed by atoms with Gasteiger partial charge in [0.2, 0.25) is 0 Å². The van der Waals surface area contributed by atoms with Crippen molar-refractivity contribution in [1.82, 2.24) is 0 Å². The van der Waals surface area contributed by atoms with Crippen LogP contribution in [0.3, 0.4) is 0 Å². The number of pyridine rings is 1. The Kier molecular flexibility index (Phi) is 7.49. The van der Waals surface area contributed by atoms with Gasteiger partial charge in [-0.2, -0.15) is 0 Å². The lowest BCUT2D eigenvalue weighted by Crippen LogP contribution is -2.43. The second-order valence-electron chi connectivity index (χ2n) is 7.21. The van der Waals surface area contributed by atoms with Crippen LogP contribution in [0.4, 0.5) is 0 Å². The van der Waals surface area contributed by atoms with Crippen molar-refractivity contribution in [2.75, 3.05) is 0 Å². The summed E-state index contributed by atoms with van der Waals surface area (Å²) in [5.74, 6) is 0.0177. The number of nitrogens with zero attached hydrogens (tertiary/aromatic N) is 1. The third kappa shape index (κ3) is 10.1. The first kappa shape index (κ1) is 18.8. The van der Waals surface area contributed by atoms with Crippen molar-refractivity contribution < 1.29 is 13.4 Å². The van der Waals surface area contributed by atoms with E-state index < -0.39 is 16.6 Å². The standard InChI is InChI=1S/C15H30NO2Si3/c1-20(2,3)17-15(18-21(4,5)6)19-14-10-13-16-11-8-7-9-12-16/h7-9,11-12,15H,10,13-14H2,1-6H3/q+1. The van der Waals surface area contributed by atoms with Crippen molar-refractivity contribution >= 4 is 26.2 Å². The average molecular weight is 341 g/mol. The van der Waals surface area contributed by atoms with Gasteiger partial charge in [-0.25, -0.2) is 4.57 Å². The molecular formula is C15H30NO2Si3+. The normalized spacial score (nSPS) is 12.9. The molecule has 6 heteroatoms. The number of hydrogen-bond acceptors (Lipinski definition) is 2. The van der Waals surface area contributed by atoms with E-state index >= 15 is 0 Å². The molecule has 1 aromatic rings. The van der Waals surface area contributed by atoms with Gasteiger partial charge in [0, 0.05) is 18.6 Å². The maximum absolute atomic E-state index is 6.22. The Morgan fingerprint density at radius 3 is 1.90 bits per heavy atom. The molecule has 0 aliphatic heterocycles. The zero-order chi connectivity index (χ0) is 15.9. The summed E-state index contributed by atoms with van der Waals surface area (Å²) < 4.78 is 14.7. The van der Waals surface area contributed by atoms with E-state index in [-0.39, 0.29) is 5.91 Å². The van der Waals surface area contributed by atoms with Gasteiger partial charge >= 0.3 is 0 Å². The van der Waals surface area contributed by atoms with Crippen LogP contribution < -0.4 is 4.57 Å². The topological polar surface area (TPSA) is 22.3 Å². The fraction of sp³-hybridized carbons (Fsp3) is 0.667. The van der Waals surface area contributed by atoms with E-state index in [1.54, 1.807) is 0 Å². The molecule has 0 saturated carbocycles. The van der Waals surface area contributed by atoms with E-state index in [4.69, 9.17) is 8.85 Å². The maximum Gasteiger partial charge on any atom is 0.186 e. The van der Waals surface area contributed by atoms with E-state index in [9.17, 15) is 0 Å². The monoisotopic (exact) mass is 340 g/mol. The Balaban J connectivity index is 2.38. The van der Waals surface area contributed by atoms with Crippen molar-refractivity contribution in [1.29, 1.82) is 0 Å². The lowest BCUT2D eigenvalue weighted by molar-refractivity contribution is -0.696. The highest BCUT2D eigenvalue weighted by Gasteiger charge is 2.26. The summed E-state index contributed by atoms with van der Waals surface area (Å²) in [6, 6.07) is 7.38. The molecule has 1 aromatic heterocycles. The van der Waals surface area contributed by atoms with Gasteiger partial charge in [-0.05, 0) is 39.3 Å². The zero-order valence-electron chi connectivity index (χ0n) is 14.3. The summed E-state index contributed by atoms with van der Waals surface area (Å²) in [5, 5.41) is 0. The van der Waals surface area contributed by atoms with Gasteiger partial charge in [0.25, 0.3) is 0 Å². The minimum Gasteiger partial charge on any atom is -0.397 e. The molecule has 3 nitrogen and oxygen atoms in total. The summed E-state index contributed by atoms with van der Waals surface area (Å²) in [6.45, 7) is 14.5. The summed E-state index contributed by atoms with van der Waals surface area (Å²) in [7, 11) is -2.36. The van der Waals surface area contributed by atoms with Crippen LogP contribution in [0.2, 0.25) is 45.3 Å². The first-order valence-electron chi connectivity index (χ1n) is 7.69. The van der Waals surface area contributed by atoms with E-state index in [1.165, 1.54) is 12.5 Å². The molecule has 0 amide bonds. The fourth-order valence-corrected chi connectivity index (χ4v) is 6.68. The van der Waals surface area contributed by atoms with Crippen LogP contribution in [0.15, 0.2) is 30.6 Å². The van der Waals surface area contributed by atoms with Gasteiger partial charge in [-0.1, -0.05) is 12.1 Å². The Morgan fingerprint density at radius 2 is 1.43 bits per heavy atom. The molecule has 1 rings (SSSR count). The average Bonchev–Trinajstić information content (AvgIpc) is 2.32. The minimum atomic E-state index is -1.55. The largest absolute Gasteiger partial charge is 0.397 e. The van der Waals surface area contributed by atoms with Gasteiger partial charge in [0.1, 0.15) is 22.0 Å². The molecule has 0 spiro atoms. The molecule has 21 heavy (non-hydrogen) atoms. The van der Waals surface area contributed by atoms with Crippen molar-refractivity contribution in [3.63, 3.8) is 0 Å². The predicted molar refractivity (Wildman–Crippen MR) is 94.5 cm³/mol. The highest BCUT2D eigenvalue weighted by atomic mass is 28.4. The second-order valence-corrected chi connectivity index (χ2v) is 17.5. The minimum absolute atomic E-state index is 0.0177. The highest BCUT2D eigenvalue weighted by molar-refractivity contribution is 6.71. The summed E-state index contributed by atoms with van der Waals surface area (Å²) in [5.41, 5.74) is 0. The van der Waals surface area contributed by atoms with Gasteiger partial charge in [0.05, 0.1) is 0 Å². The molecule has 0 aliphatic rings. The molecular weight excluding hydrogens is 310 g/mol. The molecule has 0 fully saturated rings. The van der Waals surface area contributed by atoms with E-state index in [2.05, 4.69) is 74.4 Å². The fourth-order valence-electron chi connectivity index (χ4n) is 1.81. The first-order valence-corrected chi connectivity index (χ1v) is 15.8. The smallest absolute Gasteiger partial charge is 0.186 e. The first-order chi connectivity index (χ1) is 9.66. The molecule has 118 valence electrons. The van der Waals surface area contributed by atoms with Crippen molar-refractivity contribution in [3.05, 3.63) is 30.6 Å². The Bertz CT molecular complexity index is 386. The maximum atomic E-state index is 6.22. The second kappa shape index (κ2) is 8.38. The molecule has 0 bridgehead atoms. The molecule has 1 heterocycles. The van der Waals surface area contributed by atoms with Crippen LogP contribution in [-0.4, -0.2) is 32.1 Å². The highest BCUT2D eigenvalue weighted by Crippen LogP contribution is 2.14. The number of hydrogen-bond donors (Lipinski definition) is 0. The van der Waals surface area contributed by atoms with E-state index in [1.807, 2.05) is 0 Å². The summed E-state index contributed by atoms with van der Waals surface area (Å²) >= 11 is 0. The van der Waals surface area contributed by atoms with Gasteiger partial charge in [0.15, 0.2) is 29.0 Å². The predicted octanol–water partition coefficient (Wildman–Crippen LogP) is 3.47. The summed E-state index contributed by atoms with van der Waals surface area (Å²) in [4.78, 5) is 0. The lowest BCUT2D eigenvalue weighted by Gasteiger charge is -2.31. The SMILES string of the molecule is C[Si](C)(C)OC(O[Si](C)(C)C)[Si]CCC[n+]1ccccc1. The van der Waals surface area contributed by atoms with Gasteiger partial charge < -0.3 is 8.85 Å². The Hall–Kier alpha value is -0.279. The molecule has 0 unspecified atom stereocenters. The summed E-state index contributed by atoms with van der Waals surface area (Å²) in [6.07, 6.45) is 5.42. The van der Waals surface area contributed by atoms with Crippen molar-refractivity contribution in [2.24, 2.45) is 0 Å². The molecule has 0 atom stereocenters. The van der Waals surface area contributed by atoms with Gasteiger partial charge in [-0.3, -0.25) is 0 Å². The Labute approximate surface area is 134 Å². The van der Waals surface area contributed by atoms with Gasteiger partial charge in [-0.15, -0.1) is 0 Å². The zero-order valence-corrected chi connectivity index (χ0v) is 17.3. The number of aryl methyl sites for hydroxylation is 1. The number of rotatable bonds is 9. The molecule has 0 saturated heterocycles. The quantitative estimate of drug-likeness (QED) is 0.297. The third-order valence-corrected chi connectivity index (χ3v) is 6.13. The van der Waals surface area contributed by atoms with E-state index in [0.29, 0.717) is 0 Å². The Morgan fingerprint density at radius 1 is 0.905 bits per heavy atom. The number of aromatic nitrogens is 1.